The minimum atomic E-state index is -0.284. The van der Waals surface area contributed by atoms with Gasteiger partial charge in [-0.15, -0.1) is 0 Å². The number of ketones is 1. The van der Waals surface area contributed by atoms with Gasteiger partial charge in [0.15, 0.2) is 0 Å². The number of carbonyl (C=O) groups is 1. The number of carbonyl (C=O) groups excluding carboxylic acids is 1. The first-order valence-corrected chi connectivity index (χ1v) is 7.51. The van der Waals surface area contributed by atoms with Gasteiger partial charge < -0.3 is 15.0 Å². The van der Waals surface area contributed by atoms with E-state index in [1.807, 2.05) is 34.6 Å². The number of phenolic OH excluding ortho intramolecular Hbond substituents is 2. The van der Waals surface area contributed by atoms with E-state index in [0.717, 1.165) is 24.0 Å². The zero-order valence-electron chi connectivity index (χ0n) is 14.1. The van der Waals surface area contributed by atoms with Gasteiger partial charge in [0.2, 0.25) is 0 Å². The SMILES string of the molecule is CC(=O)CCCC(C)(C)c1cc(O)c(C(C)(C)C)cc1O. The summed E-state index contributed by atoms with van der Waals surface area (Å²) in [6.07, 6.45) is 2.12. The van der Waals surface area contributed by atoms with Crippen LogP contribution in [0, 0.1) is 0 Å². The highest BCUT2D eigenvalue weighted by molar-refractivity contribution is 5.75. The fourth-order valence-corrected chi connectivity index (χ4v) is 2.63. The average molecular weight is 292 g/mol. The van der Waals surface area contributed by atoms with Gasteiger partial charge in [-0.05, 0) is 42.7 Å². The predicted molar refractivity (Wildman–Crippen MR) is 86.0 cm³/mol. The van der Waals surface area contributed by atoms with Crippen molar-refractivity contribution in [1.82, 2.24) is 0 Å². The van der Waals surface area contributed by atoms with Gasteiger partial charge in [0, 0.05) is 17.5 Å². The standard InChI is InChI=1S/C18H28O3/c1-12(19)8-7-9-18(5,6)14-11-15(20)13(10-16(14)21)17(2,3)4/h10-11,20-21H,7-9H2,1-6H3. The number of Topliss-reactive ketones (excluding diaryl/α,β-unsaturated/α-hetero) is 1. The molecule has 0 aromatic heterocycles. The molecule has 0 heterocycles. The van der Waals surface area contributed by atoms with Gasteiger partial charge in [0.05, 0.1) is 0 Å². The molecule has 0 atom stereocenters. The van der Waals surface area contributed by atoms with E-state index in [1.54, 1.807) is 19.1 Å². The summed E-state index contributed by atoms with van der Waals surface area (Å²) in [7, 11) is 0. The van der Waals surface area contributed by atoms with Crippen LogP contribution in [0.1, 0.15) is 71.9 Å². The molecule has 2 N–H and O–H groups in total. The van der Waals surface area contributed by atoms with Crippen molar-refractivity contribution in [2.24, 2.45) is 0 Å². The van der Waals surface area contributed by atoms with E-state index in [9.17, 15) is 15.0 Å². The third-order valence-electron chi connectivity index (χ3n) is 3.98. The van der Waals surface area contributed by atoms with Crippen LogP contribution in [0.5, 0.6) is 11.5 Å². The largest absolute Gasteiger partial charge is 0.508 e. The van der Waals surface area contributed by atoms with Crippen molar-refractivity contribution in [2.75, 3.05) is 0 Å². The molecule has 0 fully saturated rings. The molecule has 0 aliphatic heterocycles. The Morgan fingerprint density at radius 3 is 1.95 bits per heavy atom. The molecule has 21 heavy (non-hydrogen) atoms. The van der Waals surface area contributed by atoms with E-state index in [1.165, 1.54) is 0 Å². The highest BCUT2D eigenvalue weighted by atomic mass is 16.3. The molecule has 1 rings (SSSR count). The summed E-state index contributed by atoms with van der Waals surface area (Å²) >= 11 is 0. The van der Waals surface area contributed by atoms with E-state index in [2.05, 4.69) is 0 Å². The first-order chi connectivity index (χ1) is 9.45. The lowest BCUT2D eigenvalue weighted by molar-refractivity contribution is -0.117. The molecule has 1 aromatic carbocycles. The van der Waals surface area contributed by atoms with Crippen molar-refractivity contribution < 1.29 is 15.0 Å². The Bertz CT molecular complexity index is 522. The van der Waals surface area contributed by atoms with Gasteiger partial charge in [-0.1, -0.05) is 34.6 Å². The number of hydrogen-bond acceptors (Lipinski definition) is 3. The van der Waals surface area contributed by atoms with Crippen LogP contribution in [0.4, 0.5) is 0 Å². The number of hydrogen-bond donors (Lipinski definition) is 2. The molecule has 0 amide bonds. The van der Waals surface area contributed by atoms with Crippen LogP contribution in [0.2, 0.25) is 0 Å². The van der Waals surface area contributed by atoms with E-state index in [4.69, 9.17) is 0 Å². The summed E-state index contributed by atoms with van der Waals surface area (Å²) < 4.78 is 0. The molecule has 1 aromatic rings. The first-order valence-electron chi connectivity index (χ1n) is 7.51. The Kier molecular flexibility index (Phi) is 5.08. The first kappa shape index (κ1) is 17.5. The van der Waals surface area contributed by atoms with Crippen LogP contribution in [0.3, 0.4) is 0 Å². The lowest BCUT2D eigenvalue weighted by Crippen LogP contribution is -2.19. The predicted octanol–water partition coefficient (Wildman–Crippen LogP) is 4.43. The summed E-state index contributed by atoms with van der Waals surface area (Å²) in [6.45, 7) is 11.6. The van der Waals surface area contributed by atoms with Crippen LogP contribution in [0.25, 0.3) is 0 Å². The molecule has 0 saturated carbocycles. The lowest BCUT2D eigenvalue weighted by atomic mass is 9.77. The second-order valence-corrected chi connectivity index (χ2v) is 7.58. The Morgan fingerprint density at radius 2 is 1.48 bits per heavy atom. The number of benzene rings is 1. The Labute approximate surface area is 128 Å². The maximum Gasteiger partial charge on any atom is 0.129 e. The summed E-state index contributed by atoms with van der Waals surface area (Å²) in [5.41, 5.74) is 0.964. The summed E-state index contributed by atoms with van der Waals surface area (Å²) in [6, 6.07) is 3.33. The van der Waals surface area contributed by atoms with Crippen LogP contribution >= 0.6 is 0 Å². The fourth-order valence-electron chi connectivity index (χ4n) is 2.63. The second kappa shape index (κ2) is 6.08. The van der Waals surface area contributed by atoms with Crippen molar-refractivity contribution >= 4 is 5.78 Å². The normalized spacial score (nSPS) is 12.5. The molecule has 0 unspecified atom stereocenters. The van der Waals surface area contributed by atoms with Gasteiger partial charge >= 0.3 is 0 Å². The Balaban J connectivity index is 3.08. The molecule has 0 spiro atoms. The van der Waals surface area contributed by atoms with Crippen molar-refractivity contribution in [1.29, 1.82) is 0 Å². The highest BCUT2D eigenvalue weighted by Crippen LogP contribution is 2.41. The van der Waals surface area contributed by atoms with Crippen molar-refractivity contribution in [3.05, 3.63) is 23.3 Å². The summed E-state index contributed by atoms with van der Waals surface area (Å²) in [5, 5.41) is 20.6. The van der Waals surface area contributed by atoms with E-state index in [-0.39, 0.29) is 28.1 Å². The maximum atomic E-state index is 11.1. The van der Waals surface area contributed by atoms with E-state index in [0.29, 0.717) is 6.42 Å². The highest BCUT2D eigenvalue weighted by Gasteiger charge is 2.27. The minimum absolute atomic E-state index is 0.181. The van der Waals surface area contributed by atoms with Crippen LogP contribution in [0.15, 0.2) is 12.1 Å². The van der Waals surface area contributed by atoms with Crippen molar-refractivity contribution in [3.8, 4) is 11.5 Å². The molecule has 3 heteroatoms. The molecule has 0 aliphatic carbocycles. The second-order valence-electron chi connectivity index (χ2n) is 7.58. The molecule has 0 aliphatic rings. The topological polar surface area (TPSA) is 57.5 Å². The number of aromatic hydroxyl groups is 2. The fraction of sp³-hybridized carbons (Fsp3) is 0.611. The van der Waals surface area contributed by atoms with Gasteiger partial charge in [-0.25, -0.2) is 0 Å². The number of phenols is 2. The van der Waals surface area contributed by atoms with Crippen LogP contribution < -0.4 is 0 Å². The Morgan fingerprint density at radius 1 is 1.00 bits per heavy atom. The minimum Gasteiger partial charge on any atom is -0.508 e. The van der Waals surface area contributed by atoms with E-state index < -0.39 is 0 Å². The van der Waals surface area contributed by atoms with Crippen LogP contribution in [-0.4, -0.2) is 16.0 Å². The molecular weight excluding hydrogens is 264 g/mol. The average Bonchev–Trinajstić information content (AvgIpc) is 2.29. The van der Waals surface area contributed by atoms with Gasteiger partial charge in [0.25, 0.3) is 0 Å². The smallest absolute Gasteiger partial charge is 0.129 e. The van der Waals surface area contributed by atoms with Gasteiger partial charge in [-0.3, -0.25) is 0 Å². The van der Waals surface area contributed by atoms with Crippen molar-refractivity contribution in [3.63, 3.8) is 0 Å². The molecule has 0 saturated heterocycles. The zero-order valence-corrected chi connectivity index (χ0v) is 14.1. The maximum absolute atomic E-state index is 11.1. The molecule has 0 bridgehead atoms. The molecule has 3 nitrogen and oxygen atoms in total. The van der Waals surface area contributed by atoms with Gasteiger partial charge in [0.1, 0.15) is 17.3 Å². The van der Waals surface area contributed by atoms with Gasteiger partial charge in [-0.2, -0.15) is 0 Å². The van der Waals surface area contributed by atoms with Crippen LogP contribution in [-0.2, 0) is 15.6 Å². The summed E-state index contributed by atoms with van der Waals surface area (Å²) in [4.78, 5) is 11.1. The van der Waals surface area contributed by atoms with E-state index >= 15 is 0 Å². The number of rotatable bonds is 5. The third kappa shape index (κ3) is 4.48. The zero-order chi connectivity index (χ0) is 16.4. The third-order valence-corrected chi connectivity index (χ3v) is 3.98. The summed E-state index contributed by atoms with van der Waals surface area (Å²) in [5.74, 6) is 0.612. The quantitative estimate of drug-likeness (QED) is 0.789. The van der Waals surface area contributed by atoms with Crippen molar-refractivity contribution in [2.45, 2.75) is 71.6 Å². The molecule has 118 valence electrons. The Hall–Kier alpha value is -1.51. The molecular formula is C18H28O3. The molecule has 0 radical (unpaired) electrons. The lowest BCUT2D eigenvalue weighted by Gasteiger charge is -2.28. The monoisotopic (exact) mass is 292 g/mol.